The highest BCUT2D eigenvalue weighted by molar-refractivity contribution is 7.89. The van der Waals surface area contributed by atoms with Crippen LogP contribution in [0.4, 0.5) is 5.69 Å². The van der Waals surface area contributed by atoms with Gasteiger partial charge < -0.3 is 14.5 Å². The zero-order chi connectivity index (χ0) is 22.8. The molecule has 162 valence electrons. The fourth-order valence-corrected chi connectivity index (χ4v) is 4.25. The number of hydrogen-bond acceptors (Lipinski definition) is 6. The Labute approximate surface area is 181 Å². The molecule has 10 heteroatoms. The minimum atomic E-state index is -3.95. The first kappa shape index (κ1) is 22.3. The van der Waals surface area contributed by atoms with Crippen LogP contribution in [0, 0.1) is 11.3 Å². The van der Waals surface area contributed by atoms with E-state index in [0.717, 1.165) is 4.31 Å². The number of para-hydroxylation sites is 2. The highest BCUT2D eigenvalue weighted by Gasteiger charge is 2.35. The lowest BCUT2D eigenvalue weighted by molar-refractivity contribution is -0.136. The molecule has 0 saturated heterocycles. The Kier molecular flexibility index (Phi) is 6.29. The van der Waals surface area contributed by atoms with E-state index < -0.39 is 28.6 Å². The van der Waals surface area contributed by atoms with Gasteiger partial charge in [0.15, 0.2) is 6.10 Å². The van der Waals surface area contributed by atoms with E-state index in [1.165, 1.54) is 41.1 Å². The number of nitrogens with zero attached hydrogens (tertiary/aromatic N) is 4. The van der Waals surface area contributed by atoms with E-state index in [9.17, 15) is 18.0 Å². The van der Waals surface area contributed by atoms with E-state index in [4.69, 9.17) is 10.00 Å². The molecule has 0 spiro atoms. The fraction of sp³-hybridized carbons (Fsp3) is 0.286. The number of carbonyl (C=O) groups is 2. The lowest BCUT2D eigenvalue weighted by Crippen LogP contribution is -2.52. The Balaban J connectivity index is 1.84. The second kappa shape index (κ2) is 8.75. The third-order valence-electron chi connectivity index (χ3n) is 4.84. The SMILES string of the molecule is CN(C)C(=O)[C@H]1CN(C(=O)CN(C)S(=O)(=O)c2ccc(C#N)cc2)c2ccccc2O1. The normalized spacial score (nSPS) is 15.6. The van der Waals surface area contributed by atoms with Gasteiger partial charge in [0, 0.05) is 21.1 Å². The number of likely N-dealkylation sites (N-methyl/N-ethyl adjacent to an activating group) is 2. The molecule has 1 aliphatic rings. The molecule has 2 amide bonds. The summed E-state index contributed by atoms with van der Waals surface area (Å²) in [5.74, 6) is -0.419. The predicted molar refractivity (Wildman–Crippen MR) is 113 cm³/mol. The van der Waals surface area contributed by atoms with Gasteiger partial charge in [-0.15, -0.1) is 0 Å². The number of amides is 2. The van der Waals surface area contributed by atoms with Crippen molar-refractivity contribution < 1.29 is 22.7 Å². The van der Waals surface area contributed by atoms with Crippen molar-refractivity contribution in [2.45, 2.75) is 11.0 Å². The van der Waals surface area contributed by atoms with Crippen LogP contribution >= 0.6 is 0 Å². The van der Waals surface area contributed by atoms with E-state index in [1.54, 1.807) is 38.4 Å². The van der Waals surface area contributed by atoms with Gasteiger partial charge in [-0.2, -0.15) is 9.57 Å². The van der Waals surface area contributed by atoms with Crippen LogP contribution in [0.5, 0.6) is 5.75 Å². The maximum absolute atomic E-state index is 13.1. The van der Waals surface area contributed by atoms with Crippen molar-refractivity contribution in [3.8, 4) is 11.8 Å². The van der Waals surface area contributed by atoms with E-state index in [-0.39, 0.29) is 17.3 Å². The first-order chi connectivity index (χ1) is 14.6. The third-order valence-corrected chi connectivity index (χ3v) is 6.66. The molecule has 3 rings (SSSR count). The van der Waals surface area contributed by atoms with Gasteiger partial charge in [-0.05, 0) is 36.4 Å². The van der Waals surface area contributed by atoms with Crippen LogP contribution in [-0.2, 0) is 19.6 Å². The molecule has 1 aliphatic heterocycles. The van der Waals surface area contributed by atoms with Crippen molar-refractivity contribution >= 4 is 27.5 Å². The van der Waals surface area contributed by atoms with Crippen LogP contribution in [0.2, 0.25) is 0 Å². The summed E-state index contributed by atoms with van der Waals surface area (Å²) in [6.45, 7) is -0.461. The van der Waals surface area contributed by atoms with Crippen LogP contribution in [0.1, 0.15) is 5.56 Å². The van der Waals surface area contributed by atoms with Crippen LogP contribution < -0.4 is 9.64 Å². The Morgan fingerprint density at radius 2 is 1.77 bits per heavy atom. The summed E-state index contributed by atoms with van der Waals surface area (Å²) in [6.07, 6.45) is -0.894. The Morgan fingerprint density at radius 3 is 2.39 bits per heavy atom. The Morgan fingerprint density at radius 1 is 1.13 bits per heavy atom. The number of carbonyl (C=O) groups excluding carboxylic acids is 2. The number of anilines is 1. The first-order valence-corrected chi connectivity index (χ1v) is 10.8. The minimum absolute atomic E-state index is 0.0233. The summed E-state index contributed by atoms with van der Waals surface area (Å²) >= 11 is 0. The van der Waals surface area contributed by atoms with E-state index in [1.807, 2.05) is 6.07 Å². The number of ether oxygens (including phenoxy) is 1. The molecule has 0 unspecified atom stereocenters. The first-order valence-electron chi connectivity index (χ1n) is 9.39. The Bertz CT molecular complexity index is 1140. The quantitative estimate of drug-likeness (QED) is 0.685. The molecule has 2 aromatic carbocycles. The van der Waals surface area contributed by atoms with Gasteiger partial charge in [-0.25, -0.2) is 8.42 Å². The molecule has 1 atom stereocenters. The van der Waals surface area contributed by atoms with Gasteiger partial charge in [0.1, 0.15) is 5.75 Å². The van der Waals surface area contributed by atoms with Crippen LogP contribution in [0.15, 0.2) is 53.4 Å². The predicted octanol–water partition coefficient (Wildman–Crippen LogP) is 1.06. The van der Waals surface area contributed by atoms with Crippen molar-refractivity contribution in [3.05, 3.63) is 54.1 Å². The Hall–Kier alpha value is -3.42. The number of rotatable bonds is 5. The van der Waals surface area contributed by atoms with Gasteiger partial charge in [-0.1, -0.05) is 12.1 Å². The van der Waals surface area contributed by atoms with E-state index in [0.29, 0.717) is 17.0 Å². The molecule has 31 heavy (non-hydrogen) atoms. The van der Waals surface area contributed by atoms with Crippen molar-refractivity contribution in [1.82, 2.24) is 9.21 Å². The number of benzene rings is 2. The van der Waals surface area contributed by atoms with Gasteiger partial charge >= 0.3 is 0 Å². The highest BCUT2D eigenvalue weighted by atomic mass is 32.2. The number of sulfonamides is 1. The monoisotopic (exact) mass is 442 g/mol. The summed E-state index contributed by atoms with van der Waals surface area (Å²) in [7, 11) is 0.545. The van der Waals surface area contributed by atoms with Gasteiger partial charge in [0.25, 0.3) is 5.91 Å². The van der Waals surface area contributed by atoms with Crippen molar-refractivity contribution in [1.29, 1.82) is 5.26 Å². The second-order valence-electron chi connectivity index (χ2n) is 7.21. The summed E-state index contributed by atoms with van der Waals surface area (Å²) in [5, 5.41) is 8.88. The molecule has 1 heterocycles. The molecule has 0 radical (unpaired) electrons. The van der Waals surface area contributed by atoms with Crippen LogP contribution in [0.3, 0.4) is 0 Å². The van der Waals surface area contributed by atoms with Crippen molar-refractivity contribution in [2.75, 3.05) is 39.1 Å². The van der Waals surface area contributed by atoms with E-state index in [2.05, 4.69) is 0 Å². The lowest BCUT2D eigenvalue weighted by atomic mass is 10.1. The average Bonchev–Trinajstić information content (AvgIpc) is 2.77. The van der Waals surface area contributed by atoms with Gasteiger partial charge in [0.05, 0.1) is 35.3 Å². The number of fused-ring (bicyclic) bond motifs is 1. The summed E-state index contributed by atoms with van der Waals surface area (Å²) < 4.78 is 32.4. The standard InChI is InChI=1S/C21H22N4O5S/c1-23(2)21(27)19-13-25(17-6-4-5-7-18(17)30-19)20(26)14-24(3)31(28,29)16-10-8-15(12-22)9-11-16/h4-11,19H,13-14H2,1-3H3/t19-/m1/s1. The molecule has 0 bridgehead atoms. The van der Waals surface area contributed by atoms with Gasteiger partial charge in [0.2, 0.25) is 15.9 Å². The summed E-state index contributed by atoms with van der Waals surface area (Å²) in [6, 6.07) is 14.2. The maximum Gasteiger partial charge on any atom is 0.265 e. The molecule has 0 fully saturated rings. The largest absolute Gasteiger partial charge is 0.476 e. The molecule has 0 aromatic heterocycles. The molecule has 0 N–H and O–H groups in total. The van der Waals surface area contributed by atoms with Crippen molar-refractivity contribution in [2.24, 2.45) is 0 Å². The third kappa shape index (κ3) is 4.52. The van der Waals surface area contributed by atoms with Crippen LogP contribution in [0.25, 0.3) is 0 Å². The molecule has 0 saturated carbocycles. The zero-order valence-electron chi connectivity index (χ0n) is 17.3. The van der Waals surface area contributed by atoms with Crippen molar-refractivity contribution in [3.63, 3.8) is 0 Å². The van der Waals surface area contributed by atoms with E-state index >= 15 is 0 Å². The smallest absolute Gasteiger partial charge is 0.265 e. The molecular formula is C21H22N4O5S. The maximum atomic E-state index is 13.1. The minimum Gasteiger partial charge on any atom is -0.476 e. The zero-order valence-corrected chi connectivity index (χ0v) is 18.2. The van der Waals surface area contributed by atoms with Gasteiger partial charge in [-0.3, -0.25) is 9.59 Å². The summed E-state index contributed by atoms with van der Waals surface area (Å²) in [5.41, 5.74) is 0.804. The van der Waals surface area contributed by atoms with Crippen LogP contribution in [-0.4, -0.2) is 69.8 Å². The number of hydrogen-bond donors (Lipinski definition) is 0. The highest BCUT2D eigenvalue weighted by Crippen LogP contribution is 2.33. The summed E-state index contributed by atoms with van der Waals surface area (Å²) in [4.78, 5) is 28.2. The average molecular weight is 442 g/mol. The number of nitriles is 1. The molecular weight excluding hydrogens is 420 g/mol. The molecule has 9 nitrogen and oxygen atoms in total. The lowest BCUT2D eigenvalue weighted by Gasteiger charge is -2.35. The molecule has 2 aromatic rings. The second-order valence-corrected chi connectivity index (χ2v) is 9.25. The fourth-order valence-electron chi connectivity index (χ4n) is 3.13. The molecule has 0 aliphatic carbocycles. The topological polar surface area (TPSA) is 111 Å².